The van der Waals surface area contributed by atoms with Crippen LogP contribution in [0, 0.1) is 11.7 Å². The molecule has 2 aliphatic heterocycles. The maximum Gasteiger partial charge on any atom is 0.129 e. The summed E-state index contributed by atoms with van der Waals surface area (Å²) in [6.07, 6.45) is 3.71. The summed E-state index contributed by atoms with van der Waals surface area (Å²) in [6, 6.07) is 5.60. The lowest BCUT2D eigenvalue weighted by Gasteiger charge is -2.41. The van der Waals surface area contributed by atoms with E-state index in [1.807, 2.05) is 0 Å². The quantitative estimate of drug-likeness (QED) is 0.897. The second kappa shape index (κ2) is 5.78. The van der Waals surface area contributed by atoms with Gasteiger partial charge in [0.1, 0.15) is 5.82 Å². The van der Waals surface area contributed by atoms with E-state index in [2.05, 4.69) is 10.2 Å². The molecule has 1 N–H and O–H groups in total. The summed E-state index contributed by atoms with van der Waals surface area (Å²) < 4.78 is 13.8. The van der Waals surface area contributed by atoms with Crippen molar-refractivity contribution in [1.29, 1.82) is 0 Å². The minimum Gasteiger partial charge on any atom is -0.314 e. The Hall–Kier alpha value is -0.640. The number of hydrogen-bond acceptors (Lipinski definition) is 2. The predicted molar refractivity (Wildman–Crippen MR) is 75.8 cm³/mol. The molecule has 2 heterocycles. The zero-order chi connectivity index (χ0) is 13.2. The Morgan fingerprint density at radius 2 is 2.26 bits per heavy atom. The second-order valence-corrected chi connectivity index (χ2v) is 6.09. The standard InChI is InChI=1S/C15H20ClFN2/c16-13-4-1-5-14(17)12(13)10-19-8-6-15-11(9-19)3-2-7-18-15/h1,4-5,11,15,18H,2-3,6-10H2/t11-,15+/m1/s1. The Balaban J connectivity index is 1.67. The first-order chi connectivity index (χ1) is 9.24. The molecule has 2 atom stereocenters. The Bertz CT molecular complexity index is 432. The van der Waals surface area contributed by atoms with Crippen molar-refractivity contribution in [1.82, 2.24) is 10.2 Å². The normalized spacial score (nSPS) is 28.1. The number of halogens is 2. The summed E-state index contributed by atoms with van der Waals surface area (Å²) in [5.74, 6) is 0.532. The first-order valence-corrected chi connectivity index (χ1v) is 7.50. The van der Waals surface area contributed by atoms with E-state index >= 15 is 0 Å². The van der Waals surface area contributed by atoms with Crippen molar-refractivity contribution in [3.63, 3.8) is 0 Å². The fraction of sp³-hybridized carbons (Fsp3) is 0.600. The first kappa shape index (κ1) is 13.3. The predicted octanol–water partition coefficient (Wildman–Crippen LogP) is 3.05. The van der Waals surface area contributed by atoms with Gasteiger partial charge < -0.3 is 5.32 Å². The zero-order valence-corrected chi connectivity index (χ0v) is 11.8. The van der Waals surface area contributed by atoms with E-state index in [0.717, 1.165) is 26.1 Å². The lowest BCUT2D eigenvalue weighted by molar-refractivity contribution is 0.108. The van der Waals surface area contributed by atoms with Gasteiger partial charge in [-0.15, -0.1) is 0 Å². The van der Waals surface area contributed by atoms with Gasteiger partial charge in [0.05, 0.1) is 0 Å². The van der Waals surface area contributed by atoms with Gasteiger partial charge in [-0.1, -0.05) is 17.7 Å². The van der Waals surface area contributed by atoms with Crippen LogP contribution in [0.25, 0.3) is 0 Å². The molecule has 0 spiro atoms. The van der Waals surface area contributed by atoms with E-state index in [1.54, 1.807) is 12.1 Å². The maximum atomic E-state index is 13.8. The molecule has 0 aromatic heterocycles. The van der Waals surface area contributed by atoms with Crippen LogP contribution in [0.1, 0.15) is 24.8 Å². The maximum absolute atomic E-state index is 13.8. The molecule has 0 amide bonds. The summed E-state index contributed by atoms with van der Waals surface area (Å²) in [7, 11) is 0. The van der Waals surface area contributed by atoms with Crippen LogP contribution in [0.2, 0.25) is 5.02 Å². The molecule has 0 radical (unpaired) electrons. The van der Waals surface area contributed by atoms with E-state index in [0.29, 0.717) is 29.1 Å². The van der Waals surface area contributed by atoms with Gasteiger partial charge in [-0.25, -0.2) is 4.39 Å². The third kappa shape index (κ3) is 2.93. The molecule has 19 heavy (non-hydrogen) atoms. The van der Waals surface area contributed by atoms with Crippen LogP contribution in [0.15, 0.2) is 18.2 Å². The van der Waals surface area contributed by atoms with E-state index in [-0.39, 0.29) is 5.82 Å². The average molecular weight is 283 g/mol. The molecule has 104 valence electrons. The largest absolute Gasteiger partial charge is 0.314 e. The molecule has 0 aliphatic carbocycles. The molecule has 0 saturated carbocycles. The van der Waals surface area contributed by atoms with Gasteiger partial charge in [0.2, 0.25) is 0 Å². The molecule has 0 unspecified atom stereocenters. The van der Waals surface area contributed by atoms with Gasteiger partial charge in [0.15, 0.2) is 0 Å². The Morgan fingerprint density at radius 1 is 1.37 bits per heavy atom. The van der Waals surface area contributed by atoms with Crippen LogP contribution >= 0.6 is 11.6 Å². The van der Waals surface area contributed by atoms with Crippen LogP contribution in [0.5, 0.6) is 0 Å². The van der Waals surface area contributed by atoms with Crippen LogP contribution in [0.4, 0.5) is 4.39 Å². The third-order valence-electron chi connectivity index (χ3n) is 4.42. The highest BCUT2D eigenvalue weighted by Gasteiger charge is 2.31. The number of piperidine rings is 2. The van der Waals surface area contributed by atoms with Crippen molar-refractivity contribution in [2.24, 2.45) is 5.92 Å². The van der Waals surface area contributed by atoms with Crippen molar-refractivity contribution >= 4 is 11.6 Å². The van der Waals surface area contributed by atoms with Gasteiger partial charge >= 0.3 is 0 Å². The van der Waals surface area contributed by atoms with Gasteiger partial charge in [0, 0.05) is 29.7 Å². The fourth-order valence-corrected chi connectivity index (χ4v) is 3.59. The van der Waals surface area contributed by atoms with E-state index < -0.39 is 0 Å². The second-order valence-electron chi connectivity index (χ2n) is 5.69. The SMILES string of the molecule is Fc1cccc(Cl)c1CN1CC[C@@H]2NCCC[C@@H]2C1. The van der Waals surface area contributed by atoms with Crippen molar-refractivity contribution in [2.45, 2.75) is 31.8 Å². The Morgan fingerprint density at radius 3 is 3.11 bits per heavy atom. The molecular formula is C15H20ClFN2. The van der Waals surface area contributed by atoms with Crippen LogP contribution in [0.3, 0.4) is 0 Å². The highest BCUT2D eigenvalue weighted by molar-refractivity contribution is 6.31. The molecule has 2 saturated heterocycles. The lowest BCUT2D eigenvalue weighted by Crippen LogP contribution is -2.51. The summed E-state index contributed by atoms with van der Waals surface area (Å²) in [4.78, 5) is 2.35. The summed E-state index contributed by atoms with van der Waals surface area (Å²) in [5.41, 5.74) is 0.645. The molecule has 2 aliphatic rings. The molecule has 2 nitrogen and oxygen atoms in total. The van der Waals surface area contributed by atoms with Gasteiger partial charge in [0.25, 0.3) is 0 Å². The molecule has 1 aromatic carbocycles. The Kier molecular flexibility index (Phi) is 4.06. The fourth-order valence-electron chi connectivity index (χ4n) is 3.37. The van der Waals surface area contributed by atoms with Crippen molar-refractivity contribution < 1.29 is 4.39 Å². The molecule has 1 aromatic rings. The van der Waals surface area contributed by atoms with Gasteiger partial charge in [-0.3, -0.25) is 4.90 Å². The summed E-state index contributed by atoms with van der Waals surface area (Å²) >= 11 is 6.11. The monoisotopic (exact) mass is 282 g/mol. The average Bonchev–Trinajstić information content (AvgIpc) is 2.43. The van der Waals surface area contributed by atoms with Crippen LogP contribution in [-0.4, -0.2) is 30.6 Å². The number of rotatable bonds is 2. The topological polar surface area (TPSA) is 15.3 Å². The number of nitrogens with one attached hydrogen (secondary N) is 1. The minimum absolute atomic E-state index is 0.184. The third-order valence-corrected chi connectivity index (χ3v) is 4.77. The molecule has 3 rings (SSSR count). The van der Waals surface area contributed by atoms with Crippen molar-refractivity contribution in [2.75, 3.05) is 19.6 Å². The number of nitrogens with zero attached hydrogens (tertiary/aromatic N) is 1. The molecule has 2 fully saturated rings. The summed E-state index contributed by atoms with van der Waals surface area (Å²) in [5, 5.41) is 4.15. The number of hydrogen-bond donors (Lipinski definition) is 1. The molecule has 0 bridgehead atoms. The van der Waals surface area contributed by atoms with Crippen LogP contribution in [-0.2, 0) is 6.54 Å². The number of benzene rings is 1. The number of fused-ring (bicyclic) bond motifs is 1. The molecule has 4 heteroatoms. The van der Waals surface area contributed by atoms with Gasteiger partial charge in [-0.2, -0.15) is 0 Å². The first-order valence-electron chi connectivity index (χ1n) is 7.12. The van der Waals surface area contributed by atoms with E-state index in [4.69, 9.17) is 11.6 Å². The smallest absolute Gasteiger partial charge is 0.129 e. The number of likely N-dealkylation sites (tertiary alicyclic amines) is 1. The van der Waals surface area contributed by atoms with E-state index in [9.17, 15) is 4.39 Å². The Labute approximate surface area is 118 Å². The van der Waals surface area contributed by atoms with Crippen molar-refractivity contribution in [3.05, 3.63) is 34.6 Å². The summed E-state index contributed by atoms with van der Waals surface area (Å²) in [6.45, 7) is 3.87. The van der Waals surface area contributed by atoms with Gasteiger partial charge in [-0.05, 0) is 50.4 Å². The van der Waals surface area contributed by atoms with Crippen LogP contribution < -0.4 is 5.32 Å². The van der Waals surface area contributed by atoms with E-state index in [1.165, 1.54) is 18.9 Å². The van der Waals surface area contributed by atoms with Crippen molar-refractivity contribution in [3.8, 4) is 0 Å². The highest BCUT2D eigenvalue weighted by Crippen LogP contribution is 2.27. The zero-order valence-electron chi connectivity index (χ0n) is 11.0. The lowest BCUT2D eigenvalue weighted by atomic mass is 9.85. The molecular weight excluding hydrogens is 263 g/mol. The minimum atomic E-state index is -0.184. The highest BCUT2D eigenvalue weighted by atomic mass is 35.5.